The molecule has 0 aromatic heterocycles. The van der Waals surface area contributed by atoms with Crippen LogP contribution in [0, 0.1) is 11.3 Å². The topological polar surface area (TPSA) is 67.2 Å². The second-order valence-electron chi connectivity index (χ2n) is 3.53. The molecule has 0 aliphatic carbocycles. The van der Waals surface area contributed by atoms with Gasteiger partial charge in [-0.2, -0.15) is 5.26 Å². The van der Waals surface area contributed by atoms with Crippen LogP contribution in [-0.4, -0.2) is 32.1 Å². The zero-order chi connectivity index (χ0) is 10.6. The highest BCUT2D eigenvalue weighted by atomic mass is 32.2. The maximum Gasteiger partial charge on any atom is 0.155 e. The van der Waals surface area contributed by atoms with Gasteiger partial charge in [-0.1, -0.05) is 0 Å². The normalized spacial score (nSPS) is 27.4. The molecule has 5 heteroatoms. The van der Waals surface area contributed by atoms with E-state index in [4.69, 9.17) is 10.00 Å². The lowest BCUT2D eigenvalue weighted by Crippen LogP contribution is -2.30. The first-order valence-corrected chi connectivity index (χ1v) is 6.49. The lowest BCUT2D eigenvalue weighted by molar-refractivity contribution is 0.126. The van der Waals surface area contributed by atoms with Crippen molar-refractivity contribution in [1.82, 2.24) is 0 Å². The van der Waals surface area contributed by atoms with Gasteiger partial charge in [0.15, 0.2) is 9.84 Å². The van der Waals surface area contributed by atoms with E-state index < -0.39 is 9.84 Å². The van der Waals surface area contributed by atoms with E-state index in [2.05, 4.69) is 0 Å². The molecule has 0 amide bonds. The van der Waals surface area contributed by atoms with Crippen LogP contribution < -0.4 is 0 Å². The maximum absolute atomic E-state index is 11.7. The fraction of sp³-hybridized carbons (Fsp3) is 0.889. The third-order valence-corrected chi connectivity index (χ3v) is 4.88. The summed E-state index contributed by atoms with van der Waals surface area (Å²) < 4.78 is 28.7. The molecule has 14 heavy (non-hydrogen) atoms. The van der Waals surface area contributed by atoms with Crippen LogP contribution >= 0.6 is 0 Å². The molecule has 2 atom stereocenters. The van der Waals surface area contributed by atoms with Gasteiger partial charge in [0.1, 0.15) is 0 Å². The van der Waals surface area contributed by atoms with Gasteiger partial charge in [0.25, 0.3) is 0 Å². The SMILES string of the molecule is C[C@H]1OCC[C@@H]1S(=O)(=O)CCCC#N. The van der Waals surface area contributed by atoms with Gasteiger partial charge in [-0.15, -0.1) is 0 Å². The Hall–Kier alpha value is -0.600. The number of sulfone groups is 1. The summed E-state index contributed by atoms with van der Waals surface area (Å²) >= 11 is 0. The molecule has 0 aromatic rings. The quantitative estimate of drug-likeness (QED) is 0.656. The van der Waals surface area contributed by atoms with Crippen LogP contribution in [0.1, 0.15) is 26.2 Å². The summed E-state index contributed by atoms with van der Waals surface area (Å²) in [5, 5.41) is 7.95. The molecule has 4 nitrogen and oxygen atoms in total. The van der Waals surface area contributed by atoms with Crippen molar-refractivity contribution in [3.05, 3.63) is 0 Å². The van der Waals surface area contributed by atoms with E-state index in [-0.39, 0.29) is 17.1 Å². The van der Waals surface area contributed by atoms with Crippen LogP contribution in [0.2, 0.25) is 0 Å². The molecule has 0 aromatic carbocycles. The molecule has 1 rings (SSSR count). The van der Waals surface area contributed by atoms with Gasteiger partial charge in [-0.05, 0) is 19.8 Å². The first-order valence-electron chi connectivity index (χ1n) is 4.78. The van der Waals surface area contributed by atoms with E-state index in [1.165, 1.54) is 0 Å². The Bertz CT molecular complexity index is 317. The van der Waals surface area contributed by atoms with Crippen molar-refractivity contribution in [2.45, 2.75) is 37.5 Å². The number of ether oxygens (including phenoxy) is 1. The van der Waals surface area contributed by atoms with E-state index in [0.717, 1.165) is 0 Å². The second kappa shape index (κ2) is 4.76. The minimum atomic E-state index is -3.06. The highest BCUT2D eigenvalue weighted by Gasteiger charge is 2.34. The molecule has 1 aliphatic heterocycles. The van der Waals surface area contributed by atoms with Gasteiger partial charge in [-0.3, -0.25) is 0 Å². The number of hydrogen-bond donors (Lipinski definition) is 0. The maximum atomic E-state index is 11.7. The van der Waals surface area contributed by atoms with Gasteiger partial charge >= 0.3 is 0 Å². The van der Waals surface area contributed by atoms with Crippen molar-refractivity contribution in [1.29, 1.82) is 5.26 Å². The Morgan fingerprint density at radius 2 is 2.29 bits per heavy atom. The monoisotopic (exact) mass is 217 g/mol. The standard InChI is InChI=1S/C9H15NO3S/c1-8-9(4-6-13-8)14(11,12)7-3-2-5-10/h8-9H,2-4,6-7H2,1H3/t8-,9+/m1/s1. The van der Waals surface area contributed by atoms with Crippen molar-refractivity contribution in [2.24, 2.45) is 0 Å². The Labute approximate surface area is 84.8 Å². The fourth-order valence-corrected chi connectivity index (χ4v) is 3.65. The third-order valence-electron chi connectivity index (χ3n) is 2.49. The molecule has 1 saturated heterocycles. The summed E-state index contributed by atoms with van der Waals surface area (Å²) in [4.78, 5) is 0. The summed E-state index contributed by atoms with van der Waals surface area (Å²) in [5.74, 6) is 0.110. The number of nitriles is 1. The van der Waals surface area contributed by atoms with Gasteiger partial charge in [0, 0.05) is 13.0 Å². The molecule has 1 heterocycles. The predicted molar refractivity (Wildman–Crippen MR) is 52.5 cm³/mol. The van der Waals surface area contributed by atoms with E-state index in [0.29, 0.717) is 25.9 Å². The highest BCUT2D eigenvalue weighted by molar-refractivity contribution is 7.92. The van der Waals surface area contributed by atoms with Crippen LogP contribution in [0.15, 0.2) is 0 Å². The van der Waals surface area contributed by atoms with Crippen LogP contribution in [0.3, 0.4) is 0 Å². The largest absolute Gasteiger partial charge is 0.377 e. The summed E-state index contributed by atoms with van der Waals surface area (Å²) in [6, 6.07) is 1.95. The average molecular weight is 217 g/mol. The first-order chi connectivity index (χ1) is 6.58. The summed E-state index contributed by atoms with van der Waals surface area (Å²) in [7, 11) is -3.06. The summed E-state index contributed by atoms with van der Waals surface area (Å²) in [5.41, 5.74) is 0. The fourth-order valence-electron chi connectivity index (χ4n) is 1.69. The smallest absolute Gasteiger partial charge is 0.155 e. The van der Waals surface area contributed by atoms with E-state index in [1.807, 2.05) is 6.07 Å². The van der Waals surface area contributed by atoms with Crippen LogP contribution in [-0.2, 0) is 14.6 Å². The van der Waals surface area contributed by atoms with E-state index in [1.54, 1.807) is 6.92 Å². The van der Waals surface area contributed by atoms with Gasteiger partial charge in [0.05, 0.1) is 23.2 Å². The molecule has 0 spiro atoms. The zero-order valence-corrected chi connectivity index (χ0v) is 9.09. The van der Waals surface area contributed by atoms with Crippen molar-refractivity contribution in [3.8, 4) is 6.07 Å². The minimum absolute atomic E-state index is 0.110. The zero-order valence-electron chi connectivity index (χ0n) is 8.27. The Morgan fingerprint density at radius 1 is 1.57 bits per heavy atom. The van der Waals surface area contributed by atoms with Crippen LogP contribution in [0.4, 0.5) is 0 Å². The molecule has 0 radical (unpaired) electrons. The lowest BCUT2D eigenvalue weighted by Gasteiger charge is -2.14. The molecule has 1 fully saturated rings. The van der Waals surface area contributed by atoms with E-state index in [9.17, 15) is 8.42 Å². The molecule has 1 aliphatic rings. The van der Waals surface area contributed by atoms with Gasteiger partial charge in [0.2, 0.25) is 0 Å². The minimum Gasteiger partial charge on any atom is -0.377 e. The van der Waals surface area contributed by atoms with Gasteiger partial charge < -0.3 is 4.74 Å². The predicted octanol–water partition coefficient (Wildman–Crippen LogP) is 0.882. The molecule has 0 bridgehead atoms. The Morgan fingerprint density at radius 3 is 2.79 bits per heavy atom. The van der Waals surface area contributed by atoms with Gasteiger partial charge in [-0.25, -0.2) is 8.42 Å². The summed E-state index contributed by atoms with van der Waals surface area (Å²) in [6.45, 7) is 2.32. The van der Waals surface area contributed by atoms with Crippen molar-refractivity contribution >= 4 is 9.84 Å². The first kappa shape index (κ1) is 11.5. The number of unbranched alkanes of at least 4 members (excludes halogenated alkanes) is 1. The molecule has 0 N–H and O–H groups in total. The van der Waals surface area contributed by atoms with Crippen LogP contribution in [0.25, 0.3) is 0 Å². The number of hydrogen-bond acceptors (Lipinski definition) is 4. The molecular weight excluding hydrogens is 202 g/mol. The highest BCUT2D eigenvalue weighted by Crippen LogP contribution is 2.22. The number of nitrogens with zero attached hydrogens (tertiary/aromatic N) is 1. The Kier molecular flexibility index (Phi) is 3.90. The van der Waals surface area contributed by atoms with Crippen molar-refractivity contribution in [3.63, 3.8) is 0 Å². The lowest BCUT2D eigenvalue weighted by atomic mass is 10.3. The number of rotatable bonds is 4. The van der Waals surface area contributed by atoms with Crippen LogP contribution in [0.5, 0.6) is 0 Å². The second-order valence-corrected chi connectivity index (χ2v) is 5.87. The molecule has 0 saturated carbocycles. The van der Waals surface area contributed by atoms with Crippen molar-refractivity contribution in [2.75, 3.05) is 12.4 Å². The van der Waals surface area contributed by atoms with E-state index >= 15 is 0 Å². The molecule has 80 valence electrons. The third kappa shape index (κ3) is 2.69. The average Bonchev–Trinajstić information content (AvgIpc) is 2.52. The molecular formula is C9H15NO3S. The Balaban J connectivity index is 2.53. The summed E-state index contributed by atoms with van der Waals surface area (Å²) in [6.07, 6.45) is 1.14. The van der Waals surface area contributed by atoms with Crippen molar-refractivity contribution < 1.29 is 13.2 Å². The molecule has 0 unspecified atom stereocenters.